The Hall–Kier alpha value is -0.0700. The summed E-state index contributed by atoms with van der Waals surface area (Å²) in [6, 6.07) is 10.2. The van der Waals surface area contributed by atoms with E-state index in [0.29, 0.717) is 11.8 Å². The average Bonchev–Trinajstić information content (AvgIpc) is 2.50. The maximum absolute atomic E-state index is 5.39. The second kappa shape index (κ2) is 18.3. The predicted octanol–water partition coefficient (Wildman–Crippen LogP) is 5.82. The number of para-hydroxylation sites is 1. The van der Waals surface area contributed by atoms with E-state index in [1.54, 1.807) is 26.2 Å². The smallest absolute Gasteiger partial charge is 0.0496 e. The number of methoxy groups -OCH3 is 2. The van der Waals surface area contributed by atoms with Gasteiger partial charge in [0.2, 0.25) is 0 Å². The van der Waals surface area contributed by atoms with Crippen molar-refractivity contribution in [2.24, 2.45) is 11.8 Å². The molecule has 0 radical (unpaired) electrons. The Kier molecular flexibility index (Phi) is 20.0. The zero-order chi connectivity index (χ0) is 16.6. The first-order valence-electron chi connectivity index (χ1n) is 7.28. The summed E-state index contributed by atoms with van der Waals surface area (Å²) in [6.07, 6.45) is 0. The fourth-order valence-corrected chi connectivity index (χ4v) is 3.27. The third kappa shape index (κ3) is 16.6. The van der Waals surface area contributed by atoms with Crippen LogP contribution in [0.4, 0.5) is 5.69 Å². The molecule has 2 unspecified atom stereocenters. The molecule has 1 N–H and O–H groups in total. The molecular weight excluding hydrogens is 350 g/mol. The Bertz CT molecular complexity index is 339. The monoisotopic (exact) mass is 381 g/mol. The van der Waals surface area contributed by atoms with Crippen molar-refractivity contribution < 1.29 is 9.47 Å². The van der Waals surface area contributed by atoms with Gasteiger partial charge < -0.3 is 14.2 Å². The van der Waals surface area contributed by atoms with Crippen LogP contribution in [0.3, 0.4) is 0 Å². The molecule has 0 bridgehead atoms. The second-order valence-electron chi connectivity index (χ2n) is 5.18. The average molecular weight is 382 g/mol. The fraction of sp³-hybridized carbons (Fsp3) is 0.647. The number of hydrogen-bond acceptors (Lipinski definition) is 5. The van der Waals surface area contributed by atoms with Gasteiger partial charge in [-0.05, 0) is 34.7 Å². The second-order valence-corrected chi connectivity index (χ2v) is 7.21. The van der Waals surface area contributed by atoms with Crippen LogP contribution in [0.2, 0.25) is 0 Å². The van der Waals surface area contributed by atoms with Crippen LogP contribution in [-0.4, -0.2) is 38.9 Å². The minimum Gasteiger partial charge on any atom is -0.384 e. The van der Waals surface area contributed by atoms with Crippen LogP contribution in [0.15, 0.2) is 30.3 Å². The highest BCUT2D eigenvalue weighted by Gasteiger charge is 2.01. The van der Waals surface area contributed by atoms with E-state index in [4.69, 9.17) is 20.2 Å². The lowest BCUT2D eigenvalue weighted by Gasteiger charge is -2.10. The molecule has 0 aliphatic carbocycles. The number of hydrogen-bond donors (Lipinski definition) is 1. The van der Waals surface area contributed by atoms with Gasteiger partial charge in [0.15, 0.2) is 0 Å². The molecular formula is C17H32ClNO2S2. The van der Waals surface area contributed by atoms with Crippen molar-refractivity contribution in [2.45, 2.75) is 21.3 Å². The van der Waals surface area contributed by atoms with Crippen molar-refractivity contribution in [2.75, 3.05) is 43.7 Å². The number of benzene rings is 1. The first kappa shape index (κ1) is 25.2. The molecule has 0 amide bonds. The van der Waals surface area contributed by atoms with Gasteiger partial charge in [-0.25, -0.2) is 0 Å². The van der Waals surface area contributed by atoms with Crippen LogP contribution < -0.4 is 4.72 Å². The molecule has 1 aromatic carbocycles. The Morgan fingerprint density at radius 2 is 1.52 bits per heavy atom. The van der Waals surface area contributed by atoms with Crippen molar-refractivity contribution in [1.82, 2.24) is 0 Å². The minimum atomic E-state index is 0. The van der Waals surface area contributed by atoms with Gasteiger partial charge in [-0.1, -0.05) is 62.4 Å². The lowest BCUT2D eigenvalue weighted by Crippen LogP contribution is -2.07. The lowest BCUT2D eigenvalue weighted by atomic mass is 10.2. The number of halogens is 1. The van der Waals surface area contributed by atoms with Gasteiger partial charge in [0, 0.05) is 44.6 Å². The maximum Gasteiger partial charge on any atom is 0.0496 e. The molecule has 0 aromatic heterocycles. The zero-order valence-electron chi connectivity index (χ0n) is 13.9. The van der Waals surface area contributed by atoms with Gasteiger partial charge in [0.25, 0.3) is 0 Å². The van der Waals surface area contributed by atoms with Crippen LogP contribution in [0.25, 0.3) is 0 Å². The molecule has 1 rings (SSSR count). The van der Waals surface area contributed by atoms with Gasteiger partial charge in [0.1, 0.15) is 0 Å². The molecule has 3 nitrogen and oxygen atoms in total. The van der Waals surface area contributed by atoms with Crippen molar-refractivity contribution in [3.05, 3.63) is 30.3 Å². The molecule has 0 heterocycles. The fourth-order valence-electron chi connectivity index (χ4n) is 1.55. The van der Waals surface area contributed by atoms with Crippen LogP contribution in [0, 0.1) is 11.8 Å². The topological polar surface area (TPSA) is 30.5 Å². The van der Waals surface area contributed by atoms with E-state index in [9.17, 15) is 0 Å². The molecule has 0 saturated heterocycles. The number of ether oxygens (including phenoxy) is 2. The highest BCUT2D eigenvalue weighted by Crippen LogP contribution is 2.14. The maximum atomic E-state index is 5.39. The molecule has 0 aliphatic rings. The van der Waals surface area contributed by atoms with E-state index in [1.165, 1.54) is 11.0 Å². The number of rotatable bonds is 10. The third-order valence-corrected chi connectivity index (χ3v) is 4.77. The first-order chi connectivity index (χ1) is 10.6. The van der Waals surface area contributed by atoms with Crippen LogP contribution >= 0.6 is 33.6 Å². The highest BCUT2D eigenvalue weighted by molar-refractivity contribution is 8.21. The van der Waals surface area contributed by atoms with Crippen LogP contribution in [0.1, 0.15) is 21.3 Å². The standard InChI is InChI=1S/C11H17NOS.C5H11ClOS.CH4/c1-10(8-13-2)9-14-12-11-6-4-3-5-7-11;1-5(3-7-2)4-8-6;/h3-7,10,12H,8-9H2,1-2H3;5H,3-4H2,1-2H3;1H4. The summed E-state index contributed by atoms with van der Waals surface area (Å²) >= 11 is 1.72. The SMILES string of the molecule is C.COCC(C)CSCl.COCC(C)CSNc1ccccc1. The van der Waals surface area contributed by atoms with Crippen molar-refractivity contribution in [3.63, 3.8) is 0 Å². The number of nitrogens with one attached hydrogen (secondary N) is 1. The molecule has 2 atom stereocenters. The first-order valence-corrected chi connectivity index (χ1v) is 10.1. The highest BCUT2D eigenvalue weighted by atomic mass is 35.7. The summed E-state index contributed by atoms with van der Waals surface area (Å²) in [4.78, 5) is 0. The Morgan fingerprint density at radius 3 is 2.00 bits per heavy atom. The summed E-state index contributed by atoms with van der Waals surface area (Å²) in [6.45, 7) is 5.92. The van der Waals surface area contributed by atoms with Gasteiger partial charge >= 0.3 is 0 Å². The molecule has 1 aromatic rings. The third-order valence-electron chi connectivity index (χ3n) is 2.58. The summed E-state index contributed by atoms with van der Waals surface area (Å²) in [5, 5.41) is 0. The molecule has 136 valence electrons. The zero-order valence-corrected chi connectivity index (χ0v) is 16.3. The largest absolute Gasteiger partial charge is 0.384 e. The van der Waals surface area contributed by atoms with Gasteiger partial charge in [-0.15, -0.1) is 0 Å². The molecule has 0 fully saturated rings. The predicted molar refractivity (Wildman–Crippen MR) is 110 cm³/mol. The summed E-state index contributed by atoms with van der Waals surface area (Å²) < 4.78 is 13.2. The van der Waals surface area contributed by atoms with Crippen LogP contribution in [0.5, 0.6) is 0 Å². The van der Waals surface area contributed by atoms with E-state index >= 15 is 0 Å². The molecule has 0 saturated carbocycles. The van der Waals surface area contributed by atoms with Crippen molar-refractivity contribution in [3.8, 4) is 0 Å². The molecule has 0 spiro atoms. The Labute approximate surface area is 155 Å². The van der Waals surface area contributed by atoms with Gasteiger partial charge in [0.05, 0.1) is 0 Å². The summed E-state index contributed by atoms with van der Waals surface area (Å²) in [5.74, 6) is 3.18. The normalized spacial score (nSPS) is 12.4. The van der Waals surface area contributed by atoms with E-state index in [-0.39, 0.29) is 7.43 Å². The van der Waals surface area contributed by atoms with E-state index in [1.807, 2.05) is 18.2 Å². The Morgan fingerprint density at radius 1 is 1.00 bits per heavy atom. The van der Waals surface area contributed by atoms with Crippen LogP contribution in [-0.2, 0) is 9.47 Å². The molecule has 23 heavy (non-hydrogen) atoms. The van der Waals surface area contributed by atoms with Crippen molar-refractivity contribution in [1.29, 1.82) is 0 Å². The quantitative estimate of drug-likeness (QED) is 0.516. The van der Waals surface area contributed by atoms with Crippen molar-refractivity contribution >= 4 is 39.3 Å². The van der Waals surface area contributed by atoms with Gasteiger partial charge in [-0.2, -0.15) is 0 Å². The number of anilines is 1. The lowest BCUT2D eigenvalue weighted by molar-refractivity contribution is 0.168. The van der Waals surface area contributed by atoms with E-state index < -0.39 is 0 Å². The summed E-state index contributed by atoms with van der Waals surface area (Å²) in [5.41, 5.74) is 1.15. The molecule has 0 aliphatic heterocycles. The molecule has 6 heteroatoms. The Balaban J connectivity index is 0. The minimum absolute atomic E-state index is 0. The van der Waals surface area contributed by atoms with E-state index in [2.05, 4.69) is 30.7 Å². The van der Waals surface area contributed by atoms with Gasteiger partial charge in [-0.3, -0.25) is 0 Å². The van der Waals surface area contributed by atoms with E-state index in [0.717, 1.165) is 30.4 Å². The summed E-state index contributed by atoms with van der Waals surface area (Å²) in [7, 11) is 10.2.